The molecule has 0 bridgehead atoms. The Bertz CT molecular complexity index is 604. The van der Waals surface area contributed by atoms with Crippen molar-refractivity contribution in [2.45, 2.75) is 45.9 Å². The molecular formula is C16H26N4O. The van der Waals surface area contributed by atoms with Crippen molar-refractivity contribution in [3.05, 3.63) is 24.0 Å². The van der Waals surface area contributed by atoms with Crippen molar-refractivity contribution < 1.29 is 5.11 Å². The topological polar surface area (TPSA) is 67.3 Å². The number of aliphatic hydroxyl groups is 1. The molecule has 1 unspecified atom stereocenters. The van der Waals surface area contributed by atoms with Gasteiger partial charge in [-0.05, 0) is 59.0 Å². The zero-order chi connectivity index (χ0) is 15.6. The summed E-state index contributed by atoms with van der Waals surface area (Å²) in [5, 5.41) is 9.95. The Morgan fingerprint density at radius 1 is 1.33 bits per heavy atom. The van der Waals surface area contributed by atoms with E-state index in [0.717, 1.165) is 30.5 Å². The molecule has 5 heteroatoms. The molecule has 0 amide bonds. The van der Waals surface area contributed by atoms with Gasteiger partial charge in [-0.3, -0.25) is 0 Å². The average Bonchev–Trinajstić information content (AvgIpc) is 2.76. The lowest BCUT2D eigenvalue weighted by Gasteiger charge is -2.21. The van der Waals surface area contributed by atoms with E-state index in [1.54, 1.807) is 6.92 Å². The second-order valence-electron chi connectivity index (χ2n) is 5.97. The summed E-state index contributed by atoms with van der Waals surface area (Å²) in [6.07, 6.45) is 0.436. The fourth-order valence-corrected chi connectivity index (χ4v) is 2.46. The number of benzene rings is 1. The van der Waals surface area contributed by atoms with E-state index in [1.165, 1.54) is 0 Å². The van der Waals surface area contributed by atoms with Gasteiger partial charge in [0.2, 0.25) is 0 Å². The molecule has 21 heavy (non-hydrogen) atoms. The van der Waals surface area contributed by atoms with Crippen LogP contribution in [0.15, 0.2) is 18.2 Å². The molecule has 0 aliphatic rings. The lowest BCUT2D eigenvalue weighted by atomic mass is 10.2. The molecular weight excluding hydrogens is 264 g/mol. The van der Waals surface area contributed by atoms with Crippen molar-refractivity contribution in [2.24, 2.45) is 0 Å². The fraction of sp³-hybridized carbons (Fsp3) is 0.562. The number of nitrogen functional groups attached to an aromatic ring is 1. The van der Waals surface area contributed by atoms with E-state index in [1.807, 2.05) is 18.2 Å². The van der Waals surface area contributed by atoms with Crippen LogP contribution in [0.25, 0.3) is 11.0 Å². The van der Waals surface area contributed by atoms with Crippen LogP contribution in [0.4, 0.5) is 5.69 Å². The molecule has 0 aliphatic carbocycles. The van der Waals surface area contributed by atoms with Crippen LogP contribution in [0, 0.1) is 0 Å². The minimum Gasteiger partial charge on any atom is -0.399 e. The highest BCUT2D eigenvalue weighted by molar-refractivity contribution is 5.79. The number of aliphatic hydroxyl groups excluding tert-OH is 1. The molecule has 2 aromatic rings. The molecule has 0 saturated carbocycles. The number of nitrogens with two attached hydrogens (primary N) is 1. The van der Waals surface area contributed by atoms with Gasteiger partial charge in [0, 0.05) is 18.3 Å². The van der Waals surface area contributed by atoms with E-state index >= 15 is 0 Å². The number of anilines is 1. The monoisotopic (exact) mass is 290 g/mol. The van der Waals surface area contributed by atoms with Crippen molar-refractivity contribution >= 4 is 16.7 Å². The maximum atomic E-state index is 9.95. The van der Waals surface area contributed by atoms with Crippen LogP contribution in [0.5, 0.6) is 0 Å². The smallest absolute Gasteiger partial charge is 0.138 e. The summed E-state index contributed by atoms with van der Waals surface area (Å²) in [6.45, 7) is 8.00. The van der Waals surface area contributed by atoms with Crippen LogP contribution in [0.1, 0.15) is 39.1 Å². The SMILES string of the molecule is CC(O)c1nc2cc(N)ccc2n1CCCN(C)C(C)C. The molecule has 5 nitrogen and oxygen atoms in total. The highest BCUT2D eigenvalue weighted by atomic mass is 16.3. The highest BCUT2D eigenvalue weighted by Crippen LogP contribution is 2.23. The Kier molecular flexibility index (Phi) is 4.85. The van der Waals surface area contributed by atoms with Crippen molar-refractivity contribution in [1.29, 1.82) is 0 Å². The van der Waals surface area contributed by atoms with Crippen molar-refractivity contribution in [1.82, 2.24) is 14.5 Å². The maximum absolute atomic E-state index is 9.95. The molecule has 0 aliphatic heterocycles. The van der Waals surface area contributed by atoms with Gasteiger partial charge in [-0.1, -0.05) is 0 Å². The van der Waals surface area contributed by atoms with E-state index in [4.69, 9.17) is 5.73 Å². The van der Waals surface area contributed by atoms with Gasteiger partial charge in [0.05, 0.1) is 11.0 Å². The molecule has 0 radical (unpaired) electrons. The van der Waals surface area contributed by atoms with Crippen molar-refractivity contribution in [3.63, 3.8) is 0 Å². The zero-order valence-electron chi connectivity index (χ0n) is 13.4. The Labute approximate surface area is 126 Å². The molecule has 2 rings (SSSR count). The van der Waals surface area contributed by atoms with Crippen molar-refractivity contribution in [3.8, 4) is 0 Å². The summed E-state index contributed by atoms with van der Waals surface area (Å²) in [6, 6.07) is 6.26. The lowest BCUT2D eigenvalue weighted by molar-refractivity contribution is 0.183. The standard InChI is InChI=1S/C16H26N4O/c1-11(2)19(4)8-5-9-20-15-7-6-13(17)10-14(15)18-16(20)12(3)21/h6-7,10-12,21H,5,8-9,17H2,1-4H3. The van der Waals surface area contributed by atoms with Crippen LogP contribution in [-0.4, -0.2) is 39.2 Å². The van der Waals surface area contributed by atoms with Crippen molar-refractivity contribution in [2.75, 3.05) is 19.3 Å². The van der Waals surface area contributed by atoms with Crippen LogP contribution in [0.2, 0.25) is 0 Å². The summed E-state index contributed by atoms with van der Waals surface area (Å²) < 4.78 is 2.10. The third-order valence-corrected chi connectivity index (χ3v) is 3.95. The molecule has 0 fully saturated rings. The number of imidazole rings is 1. The van der Waals surface area contributed by atoms with Gasteiger partial charge >= 0.3 is 0 Å². The van der Waals surface area contributed by atoms with Gasteiger partial charge in [-0.15, -0.1) is 0 Å². The first-order valence-corrected chi connectivity index (χ1v) is 7.54. The molecule has 116 valence electrons. The number of hydrogen-bond acceptors (Lipinski definition) is 4. The predicted molar refractivity (Wildman–Crippen MR) is 87.2 cm³/mol. The summed E-state index contributed by atoms with van der Waals surface area (Å²) in [4.78, 5) is 6.84. The van der Waals surface area contributed by atoms with Gasteiger partial charge in [0.25, 0.3) is 0 Å². The van der Waals surface area contributed by atoms with Crippen LogP contribution in [0.3, 0.4) is 0 Å². The summed E-state index contributed by atoms with van der Waals surface area (Å²) in [5.74, 6) is 0.711. The minimum atomic E-state index is -0.582. The fourth-order valence-electron chi connectivity index (χ4n) is 2.46. The number of hydrogen-bond donors (Lipinski definition) is 2. The molecule has 1 aromatic heterocycles. The quantitative estimate of drug-likeness (QED) is 0.802. The maximum Gasteiger partial charge on any atom is 0.138 e. The van der Waals surface area contributed by atoms with Gasteiger partial charge in [0.15, 0.2) is 0 Å². The predicted octanol–water partition coefficient (Wildman–Crippen LogP) is 2.40. The van der Waals surface area contributed by atoms with Gasteiger partial charge < -0.3 is 20.3 Å². The number of nitrogens with zero attached hydrogens (tertiary/aromatic N) is 3. The number of fused-ring (bicyclic) bond motifs is 1. The second kappa shape index (κ2) is 6.45. The van der Waals surface area contributed by atoms with E-state index in [0.29, 0.717) is 17.6 Å². The first-order chi connectivity index (χ1) is 9.90. The third-order valence-electron chi connectivity index (χ3n) is 3.95. The van der Waals surface area contributed by atoms with E-state index in [2.05, 4.69) is 35.3 Å². The summed E-state index contributed by atoms with van der Waals surface area (Å²) in [7, 11) is 2.13. The zero-order valence-corrected chi connectivity index (χ0v) is 13.4. The van der Waals surface area contributed by atoms with Gasteiger partial charge in [0.1, 0.15) is 11.9 Å². The number of aromatic nitrogens is 2. The Morgan fingerprint density at radius 2 is 2.05 bits per heavy atom. The van der Waals surface area contributed by atoms with E-state index < -0.39 is 6.10 Å². The first-order valence-electron chi connectivity index (χ1n) is 7.54. The number of aryl methyl sites for hydroxylation is 1. The highest BCUT2D eigenvalue weighted by Gasteiger charge is 2.15. The van der Waals surface area contributed by atoms with Crippen LogP contribution in [-0.2, 0) is 6.54 Å². The van der Waals surface area contributed by atoms with E-state index in [9.17, 15) is 5.11 Å². The molecule has 1 atom stereocenters. The Morgan fingerprint density at radius 3 is 2.67 bits per heavy atom. The largest absolute Gasteiger partial charge is 0.399 e. The third kappa shape index (κ3) is 3.54. The minimum absolute atomic E-state index is 0.542. The summed E-state index contributed by atoms with van der Waals surface area (Å²) in [5.41, 5.74) is 8.40. The van der Waals surface area contributed by atoms with Gasteiger partial charge in [-0.25, -0.2) is 4.98 Å². The molecule has 3 N–H and O–H groups in total. The summed E-state index contributed by atoms with van der Waals surface area (Å²) >= 11 is 0. The Balaban J connectivity index is 2.22. The average molecular weight is 290 g/mol. The molecule has 1 aromatic carbocycles. The van der Waals surface area contributed by atoms with Crippen LogP contribution < -0.4 is 5.73 Å². The molecule has 0 spiro atoms. The van der Waals surface area contributed by atoms with Gasteiger partial charge in [-0.2, -0.15) is 0 Å². The van der Waals surface area contributed by atoms with E-state index in [-0.39, 0.29) is 0 Å². The molecule has 0 saturated heterocycles. The lowest BCUT2D eigenvalue weighted by Crippen LogP contribution is -2.28. The second-order valence-corrected chi connectivity index (χ2v) is 5.97. The molecule has 1 heterocycles. The normalized spacial score (nSPS) is 13.5. The Hall–Kier alpha value is -1.59. The number of rotatable bonds is 6. The first kappa shape index (κ1) is 15.8. The van der Waals surface area contributed by atoms with Crippen LogP contribution >= 0.6 is 0 Å².